The fourth-order valence-corrected chi connectivity index (χ4v) is 3.22. The monoisotopic (exact) mass is 336 g/mol. The second-order valence-corrected chi connectivity index (χ2v) is 6.88. The van der Waals surface area contributed by atoms with E-state index in [1.165, 1.54) is 5.56 Å². The average Bonchev–Trinajstić information content (AvgIpc) is 2.95. The van der Waals surface area contributed by atoms with Gasteiger partial charge in [0.15, 0.2) is 0 Å². The smallest absolute Gasteiger partial charge is 0.227 e. The summed E-state index contributed by atoms with van der Waals surface area (Å²) in [6, 6.07) is 16.0. The van der Waals surface area contributed by atoms with E-state index in [0.717, 1.165) is 16.8 Å². The highest BCUT2D eigenvalue weighted by Gasteiger charge is 2.30. The van der Waals surface area contributed by atoms with Crippen LogP contribution in [0.2, 0.25) is 0 Å². The predicted octanol–water partition coefficient (Wildman–Crippen LogP) is 3.02. The molecule has 0 aliphatic carbocycles. The van der Waals surface area contributed by atoms with Gasteiger partial charge in [-0.15, -0.1) is 0 Å². The molecule has 0 aromatic heterocycles. The van der Waals surface area contributed by atoms with Crippen LogP contribution in [0.25, 0.3) is 0 Å². The third kappa shape index (κ3) is 4.47. The number of benzene rings is 2. The predicted molar refractivity (Wildman–Crippen MR) is 99.5 cm³/mol. The molecule has 1 atom stereocenters. The Hall–Kier alpha value is -2.62. The number of amides is 2. The third-order valence-corrected chi connectivity index (χ3v) is 4.59. The summed E-state index contributed by atoms with van der Waals surface area (Å²) in [6.07, 6.45) is 0.864. The standard InChI is InChI=1S/C21H24N2O2/c1-15-6-8-19(9-7-15)23-14-18(12-21(23)25)13-22-20(24)11-17-5-3-4-16(2)10-17/h3-10,18H,11-14H2,1-2H3,(H,22,24)/t18-/m1/s1. The van der Waals surface area contributed by atoms with Crippen LogP contribution in [0.1, 0.15) is 23.1 Å². The first-order valence-corrected chi connectivity index (χ1v) is 8.70. The first-order valence-electron chi connectivity index (χ1n) is 8.70. The molecule has 2 aromatic carbocycles. The van der Waals surface area contributed by atoms with E-state index >= 15 is 0 Å². The molecule has 1 fully saturated rings. The lowest BCUT2D eigenvalue weighted by Gasteiger charge is -2.17. The third-order valence-electron chi connectivity index (χ3n) is 4.59. The Morgan fingerprint density at radius 2 is 1.88 bits per heavy atom. The van der Waals surface area contributed by atoms with Gasteiger partial charge in [-0.25, -0.2) is 0 Å². The van der Waals surface area contributed by atoms with Gasteiger partial charge in [0.05, 0.1) is 6.42 Å². The SMILES string of the molecule is Cc1ccc(N2C[C@@H](CNC(=O)Cc3cccc(C)c3)CC2=O)cc1. The number of carbonyl (C=O) groups is 2. The molecule has 0 spiro atoms. The van der Waals surface area contributed by atoms with Crippen molar-refractivity contribution in [3.8, 4) is 0 Å². The Bertz CT molecular complexity index is 768. The quantitative estimate of drug-likeness (QED) is 0.912. The summed E-state index contributed by atoms with van der Waals surface area (Å²) < 4.78 is 0. The van der Waals surface area contributed by atoms with Crippen molar-refractivity contribution in [2.45, 2.75) is 26.7 Å². The fraction of sp³-hybridized carbons (Fsp3) is 0.333. The Kier molecular flexibility index (Phi) is 5.17. The number of aryl methyl sites for hydroxylation is 2. The molecule has 2 amide bonds. The molecule has 2 aromatic rings. The van der Waals surface area contributed by atoms with E-state index in [9.17, 15) is 9.59 Å². The van der Waals surface area contributed by atoms with Gasteiger partial charge in [-0.05, 0) is 31.5 Å². The van der Waals surface area contributed by atoms with Gasteiger partial charge < -0.3 is 10.2 Å². The van der Waals surface area contributed by atoms with Gasteiger partial charge in [0.25, 0.3) is 0 Å². The molecule has 0 saturated carbocycles. The molecule has 0 radical (unpaired) electrons. The number of anilines is 1. The molecule has 4 heteroatoms. The van der Waals surface area contributed by atoms with Gasteiger partial charge in [0.1, 0.15) is 0 Å². The highest BCUT2D eigenvalue weighted by Crippen LogP contribution is 2.25. The van der Waals surface area contributed by atoms with Crippen molar-refractivity contribution >= 4 is 17.5 Å². The minimum atomic E-state index is 0.00633. The van der Waals surface area contributed by atoms with Gasteiger partial charge in [-0.2, -0.15) is 0 Å². The van der Waals surface area contributed by atoms with Crippen molar-refractivity contribution in [3.63, 3.8) is 0 Å². The van der Waals surface area contributed by atoms with E-state index in [0.29, 0.717) is 25.9 Å². The molecule has 3 rings (SSSR count). The van der Waals surface area contributed by atoms with E-state index in [-0.39, 0.29) is 17.7 Å². The van der Waals surface area contributed by atoms with Gasteiger partial charge in [-0.1, -0.05) is 47.5 Å². The van der Waals surface area contributed by atoms with Gasteiger partial charge in [0, 0.05) is 31.1 Å². The van der Waals surface area contributed by atoms with E-state index in [1.807, 2.05) is 67.3 Å². The van der Waals surface area contributed by atoms with E-state index < -0.39 is 0 Å². The molecule has 1 aliphatic rings. The zero-order chi connectivity index (χ0) is 17.8. The molecular formula is C21H24N2O2. The van der Waals surface area contributed by atoms with Gasteiger partial charge >= 0.3 is 0 Å². The molecule has 0 unspecified atom stereocenters. The molecule has 1 heterocycles. The normalized spacial score (nSPS) is 17.0. The molecular weight excluding hydrogens is 312 g/mol. The van der Waals surface area contributed by atoms with Crippen LogP contribution in [0, 0.1) is 19.8 Å². The minimum absolute atomic E-state index is 0.00633. The molecule has 1 N–H and O–H groups in total. The zero-order valence-electron chi connectivity index (χ0n) is 14.8. The topological polar surface area (TPSA) is 49.4 Å². The highest BCUT2D eigenvalue weighted by atomic mass is 16.2. The first-order chi connectivity index (χ1) is 12.0. The maximum atomic E-state index is 12.3. The number of rotatable bonds is 5. The fourth-order valence-electron chi connectivity index (χ4n) is 3.22. The minimum Gasteiger partial charge on any atom is -0.355 e. The van der Waals surface area contributed by atoms with Gasteiger partial charge in [0.2, 0.25) is 11.8 Å². The number of carbonyl (C=O) groups excluding carboxylic acids is 2. The van der Waals surface area contributed by atoms with E-state index in [4.69, 9.17) is 0 Å². The van der Waals surface area contributed by atoms with Gasteiger partial charge in [-0.3, -0.25) is 9.59 Å². The summed E-state index contributed by atoms with van der Waals surface area (Å²) in [6.45, 7) is 5.25. The lowest BCUT2D eigenvalue weighted by molar-refractivity contribution is -0.121. The van der Waals surface area contributed by atoms with Crippen molar-refractivity contribution in [2.75, 3.05) is 18.0 Å². The zero-order valence-corrected chi connectivity index (χ0v) is 14.8. The maximum absolute atomic E-state index is 12.3. The summed E-state index contributed by atoms with van der Waals surface area (Å²) in [5, 5.41) is 2.98. The molecule has 1 saturated heterocycles. The second-order valence-electron chi connectivity index (χ2n) is 6.88. The van der Waals surface area contributed by atoms with Crippen molar-refractivity contribution in [3.05, 3.63) is 65.2 Å². The van der Waals surface area contributed by atoms with E-state index in [2.05, 4.69) is 5.32 Å². The molecule has 130 valence electrons. The van der Waals surface area contributed by atoms with E-state index in [1.54, 1.807) is 0 Å². The van der Waals surface area contributed by atoms with Crippen LogP contribution < -0.4 is 10.2 Å². The molecule has 1 aliphatic heterocycles. The summed E-state index contributed by atoms with van der Waals surface area (Å²) >= 11 is 0. The first kappa shape index (κ1) is 17.2. The van der Waals surface area contributed by atoms with Crippen molar-refractivity contribution in [1.82, 2.24) is 5.32 Å². The number of nitrogens with zero attached hydrogens (tertiary/aromatic N) is 1. The van der Waals surface area contributed by atoms with Crippen LogP contribution in [0.3, 0.4) is 0 Å². The summed E-state index contributed by atoms with van der Waals surface area (Å²) in [4.78, 5) is 26.2. The number of nitrogens with one attached hydrogen (secondary N) is 1. The highest BCUT2D eigenvalue weighted by molar-refractivity contribution is 5.95. The molecule has 4 nitrogen and oxygen atoms in total. The van der Waals surface area contributed by atoms with Crippen LogP contribution in [0.15, 0.2) is 48.5 Å². The largest absolute Gasteiger partial charge is 0.355 e. The molecule has 25 heavy (non-hydrogen) atoms. The van der Waals surface area contributed by atoms with Crippen molar-refractivity contribution < 1.29 is 9.59 Å². The summed E-state index contributed by atoms with van der Waals surface area (Å²) in [5.74, 6) is 0.295. The Balaban J connectivity index is 1.51. The van der Waals surface area contributed by atoms with Crippen LogP contribution in [-0.4, -0.2) is 24.9 Å². The second kappa shape index (κ2) is 7.51. The number of hydrogen-bond acceptors (Lipinski definition) is 2. The Morgan fingerprint density at radius 3 is 2.60 bits per heavy atom. The lowest BCUT2D eigenvalue weighted by Crippen LogP contribution is -2.32. The van der Waals surface area contributed by atoms with Crippen LogP contribution in [-0.2, 0) is 16.0 Å². The average molecular weight is 336 g/mol. The number of hydrogen-bond donors (Lipinski definition) is 1. The summed E-state index contributed by atoms with van der Waals surface area (Å²) in [5.41, 5.74) is 4.28. The Labute approximate surface area is 148 Å². The Morgan fingerprint density at radius 1 is 1.12 bits per heavy atom. The molecule has 0 bridgehead atoms. The van der Waals surface area contributed by atoms with Crippen LogP contribution in [0.5, 0.6) is 0 Å². The summed E-state index contributed by atoms with van der Waals surface area (Å²) in [7, 11) is 0. The van der Waals surface area contributed by atoms with Crippen LogP contribution >= 0.6 is 0 Å². The lowest BCUT2D eigenvalue weighted by atomic mass is 10.1. The van der Waals surface area contributed by atoms with Crippen LogP contribution in [0.4, 0.5) is 5.69 Å². The van der Waals surface area contributed by atoms with Crippen molar-refractivity contribution in [2.24, 2.45) is 5.92 Å². The maximum Gasteiger partial charge on any atom is 0.227 e. The van der Waals surface area contributed by atoms with Crippen molar-refractivity contribution in [1.29, 1.82) is 0 Å².